The standard InChI is InChI=1S/C12H16BrNO2S/c1-8-3-6-12(11(13)7-8)17(15,16)14-9(2)10-4-5-10/h3,6-7,9-10,14H,4-5H2,1-2H3. The van der Waals surface area contributed by atoms with Gasteiger partial charge in [0.25, 0.3) is 0 Å². The number of sulfonamides is 1. The monoisotopic (exact) mass is 317 g/mol. The second-order valence-corrected chi connectivity index (χ2v) is 7.22. The molecule has 0 aliphatic heterocycles. The quantitative estimate of drug-likeness (QED) is 0.928. The van der Waals surface area contributed by atoms with Gasteiger partial charge >= 0.3 is 0 Å². The van der Waals surface area contributed by atoms with Crippen LogP contribution in [0.15, 0.2) is 27.6 Å². The van der Waals surface area contributed by atoms with Crippen LogP contribution in [0.2, 0.25) is 0 Å². The highest BCUT2D eigenvalue weighted by atomic mass is 79.9. The number of hydrogen-bond acceptors (Lipinski definition) is 2. The van der Waals surface area contributed by atoms with Gasteiger partial charge in [0.2, 0.25) is 10.0 Å². The number of hydrogen-bond donors (Lipinski definition) is 1. The Labute approximate surface area is 111 Å². The van der Waals surface area contributed by atoms with Gasteiger partial charge in [-0.1, -0.05) is 6.07 Å². The molecular formula is C12H16BrNO2S. The number of rotatable bonds is 4. The summed E-state index contributed by atoms with van der Waals surface area (Å²) in [6.07, 6.45) is 2.25. The molecule has 0 aromatic heterocycles. The fourth-order valence-electron chi connectivity index (χ4n) is 1.82. The van der Waals surface area contributed by atoms with E-state index in [0.29, 0.717) is 15.3 Å². The van der Waals surface area contributed by atoms with Crippen LogP contribution in [0.5, 0.6) is 0 Å². The predicted octanol–water partition coefficient (Wildman–Crippen LogP) is 2.83. The smallest absolute Gasteiger partial charge is 0.208 e. The van der Waals surface area contributed by atoms with E-state index in [0.717, 1.165) is 18.4 Å². The van der Waals surface area contributed by atoms with Crippen LogP contribution in [0, 0.1) is 12.8 Å². The van der Waals surface area contributed by atoms with Gasteiger partial charge in [-0.15, -0.1) is 0 Å². The van der Waals surface area contributed by atoms with E-state index < -0.39 is 10.0 Å². The molecule has 1 aromatic rings. The second kappa shape index (κ2) is 4.71. The van der Waals surface area contributed by atoms with E-state index >= 15 is 0 Å². The molecule has 1 saturated carbocycles. The molecule has 1 atom stereocenters. The Balaban J connectivity index is 2.24. The van der Waals surface area contributed by atoms with E-state index in [1.807, 2.05) is 19.9 Å². The molecule has 0 saturated heterocycles. The van der Waals surface area contributed by atoms with E-state index in [4.69, 9.17) is 0 Å². The third-order valence-electron chi connectivity index (χ3n) is 3.05. The minimum Gasteiger partial charge on any atom is -0.208 e. The molecule has 0 amide bonds. The van der Waals surface area contributed by atoms with E-state index in [-0.39, 0.29) is 6.04 Å². The van der Waals surface area contributed by atoms with E-state index in [1.54, 1.807) is 12.1 Å². The molecule has 0 spiro atoms. The van der Waals surface area contributed by atoms with Crippen LogP contribution in [-0.2, 0) is 10.0 Å². The normalized spacial score (nSPS) is 18.1. The Morgan fingerprint density at radius 2 is 2.06 bits per heavy atom. The fourth-order valence-corrected chi connectivity index (χ4v) is 4.33. The maximum absolute atomic E-state index is 12.2. The zero-order valence-corrected chi connectivity index (χ0v) is 12.3. The van der Waals surface area contributed by atoms with Crippen LogP contribution < -0.4 is 4.72 Å². The van der Waals surface area contributed by atoms with Crippen LogP contribution >= 0.6 is 15.9 Å². The summed E-state index contributed by atoms with van der Waals surface area (Å²) in [6, 6.07) is 5.28. The largest absolute Gasteiger partial charge is 0.241 e. The average Bonchev–Trinajstić information content (AvgIpc) is 2.98. The lowest BCUT2D eigenvalue weighted by Crippen LogP contribution is -2.34. The molecule has 1 N–H and O–H groups in total. The molecule has 1 aliphatic carbocycles. The summed E-state index contributed by atoms with van der Waals surface area (Å²) in [5, 5.41) is 0. The first-order valence-electron chi connectivity index (χ1n) is 5.68. The number of nitrogens with one attached hydrogen (secondary N) is 1. The molecule has 1 fully saturated rings. The highest BCUT2D eigenvalue weighted by Gasteiger charge is 2.31. The summed E-state index contributed by atoms with van der Waals surface area (Å²) in [7, 11) is -3.41. The Hall–Kier alpha value is -0.390. The Morgan fingerprint density at radius 1 is 1.41 bits per heavy atom. The minimum atomic E-state index is -3.41. The van der Waals surface area contributed by atoms with Crippen LogP contribution in [0.25, 0.3) is 0 Å². The van der Waals surface area contributed by atoms with Gasteiger partial charge in [-0.25, -0.2) is 13.1 Å². The zero-order valence-electron chi connectivity index (χ0n) is 9.90. The van der Waals surface area contributed by atoms with Gasteiger partial charge in [0.1, 0.15) is 0 Å². The van der Waals surface area contributed by atoms with Crippen LogP contribution in [0.4, 0.5) is 0 Å². The summed E-state index contributed by atoms with van der Waals surface area (Å²) in [5.41, 5.74) is 1.03. The van der Waals surface area contributed by atoms with Crippen molar-refractivity contribution in [2.24, 2.45) is 5.92 Å². The summed E-state index contributed by atoms with van der Waals surface area (Å²) in [4.78, 5) is 0.315. The summed E-state index contributed by atoms with van der Waals surface area (Å²) in [6.45, 7) is 3.86. The molecule has 0 radical (unpaired) electrons. The molecule has 1 aliphatic rings. The third-order valence-corrected chi connectivity index (χ3v) is 5.58. The maximum Gasteiger partial charge on any atom is 0.241 e. The van der Waals surface area contributed by atoms with Crippen molar-refractivity contribution >= 4 is 26.0 Å². The Morgan fingerprint density at radius 3 is 2.59 bits per heavy atom. The van der Waals surface area contributed by atoms with Crippen molar-refractivity contribution in [2.45, 2.75) is 37.6 Å². The second-order valence-electron chi connectivity index (χ2n) is 4.68. The molecule has 17 heavy (non-hydrogen) atoms. The lowest BCUT2D eigenvalue weighted by Gasteiger charge is -2.14. The van der Waals surface area contributed by atoms with Crippen molar-refractivity contribution in [3.63, 3.8) is 0 Å². The molecule has 94 valence electrons. The van der Waals surface area contributed by atoms with Gasteiger partial charge in [-0.05, 0) is 66.2 Å². The van der Waals surface area contributed by atoms with E-state index in [9.17, 15) is 8.42 Å². The Bertz CT molecular complexity index is 523. The molecule has 2 rings (SSSR count). The first-order chi connectivity index (χ1) is 7.90. The Kier molecular flexibility index (Phi) is 3.61. The molecule has 5 heteroatoms. The minimum absolute atomic E-state index is 0.0215. The molecule has 3 nitrogen and oxygen atoms in total. The maximum atomic E-state index is 12.2. The third kappa shape index (κ3) is 3.09. The lowest BCUT2D eigenvalue weighted by atomic mass is 10.2. The first kappa shape index (κ1) is 13.1. The summed E-state index contributed by atoms with van der Waals surface area (Å²) in [5.74, 6) is 0.508. The molecular weight excluding hydrogens is 302 g/mol. The summed E-state index contributed by atoms with van der Waals surface area (Å²) >= 11 is 3.31. The number of halogens is 1. The fraction of sp³-hybridized carbons (Fsp3) is 0.500. The van der Waals surface area contributed by atoms with Crippen LogP contribution in [0.3, 0.4) is 0 Å². The van der Waals surface area contributed by atoms with Gasteiger partial charge in [0, 0.05) is 10.5 Å². The zero-order chi connectivity index (χ0) is 12.6. The SMILES string of the molecule is Cc1ccc(S(=O)(=O)NC(C)C2CC2)c(Br)c1. The topological polar surface area (TPSA) is 46.2 Å². The highest BCUT2D eigenvalue weighted by molar-refractivity contribution is 9.10. The summed E-state index contributed by atoms with van der Waals surface area (Å²) < 4.78 is 27.7. The van der Waals surface area contributed by atoms with Gasteiger partial charge in [-0.2, -0.15) is 0 Å². The molecule has 0 heterocycles. The number of aryl methyl sites for hydroxylation is 1. The first-order valence-corrected chi connectivity index (χ1v) is 7.96. The molecule has 1 aromatic carbocycles. The van der Waals surface area contributed by atoms with Gasteiger partial charge in [0.15, 0.2) is 0 Å². The van der Waals surface area contributed by atoms with Gasteiger partial charge < -0.3 is 0 Å². The predicted molar refractivity (Wildman–Crippen MR) is 71.4 cm³/mol. The lowest BCUT2D eigenvalue weighted by molar-refractivity contribution is 0.537. The van der Waals surface area contributed by atoms with Gasteiger partial charge in [0.05, 0.1) is 4.90 Å². The molecule has 0 bridgehead atoms. The van der Waals surface area contributed by atoms with Crippen molar-refractivity contribution in [1.29, 1.82) is 0 Å². The van der Waals surface area contributed by atoms with Crippen molar-refractivity contribution in [3.05, 3.63) is 28.2 Å². The van der Waals surface area contributed by atoms with Crippen molar-refractivity contribution in [1.82, 2.24) is 4.72 Å². The van der Waals surface area contributed by atoms with Gasteiger partial charge in [-0.3, -0.25) is 0 Å². The molecule has 1 unspecified atom stereocenters. The highest BCUT2D eigenvalue weighted by Crippen LogP contribution is 2.33. The van der Waals surface area contributed by atoms with Crippen molar-refractivity contribution in [3.8, 4) is 0 Å². The van der Waals surface area contributed by atoms with E-state index in [2.05, 4.69) is 20.7 Å². The van der Waals surface area contributed by atoms with Crippen molar-refractivity contribution in [2.75, 3.05) is 0 Å². The van der Waals surface area contributed by atoms with Crippen LogP contribution in [0.1, 0.15) is 25.3 Å². The van der Waals surface area contributed by atoms with Crippen molar-refractivity contribution < 1.29 is 8.42 Å². The number of benzene rings is 1. The van der Waals surface area contributed by atoms with Crippen LogP contribution in [-0.4, -0.2) is 14.5 Å². The van der Waals surface area contributed by atoms with E-state index in [1.165, 1.54) is 0 Å². The average molecular weight is 318 g/mol.